The van der Waals surface area contributed by atoms with Crippen molar-refractivity contribution in [3.63, 3.8) is 0 Å². The van der Waals surface area contributed by atoms with Gasteiger partial charge in [-0.15, -0.1) is 0 Å². The van der Waals surface area contributed by atoms with Crippen LogP contribution in [0.4, 0.5) is 0 Å². The lowest BCUT2D eigenvalue weighted by molar-refractivity contribution is -0.155. The summed E-state index contributed by atoms with van der Waals surface area (Å²) in [6.45, 7) is 5.17. The highest BCUT2D eigenvalue weighted by Gasteiger charge is 2.48. The number of rotatable bonds is 6. The van der Waals surface area contributed by atoms with Crippen LogP contribution in [0.2, 0.25) is 5.02 Å². The van der Waals surface area contributed by atoms with Crippen LogP contribution in [0, 0.1) is 0 Å². The molecule has 1 aromatic heterocycles. The maximum atomic E-state index is 12.8. The fourth-order valence-corrected chi connectivity index (χ4v) is 4.27. The molecule has 1 saturated carbocycles. The number of carbonyl (C=O) groups is 1. The van der Waals surface area contributed by atoms with Crippen molar-refractivity contribution < 1.29 is 9.53 Å². The maximum absolute atomic E-state index is 12.8. The van der Waals surface area contributed by atoms with Crippen molar-refractivity contribution in [1.29, 1.82) is 0 Å². The lowest BCUT2D eigenvalue weighted by Gasteiger charge is -2.22. The number of halogens is 2. The normalized spacial score (nSPS) is 16.3. The first-order valence-electron chi connectivity index (χ1n) is 9.49. The van der Waals surface area contributed by atoms with Crippen molar-refractivity contribution in [1.82, 2.24) is 9.55 Å². The van der Waals surface area contributed by atoms with Gasteiger partial charge < -0.3 is 10.5 Å². The van der Waals surface area contributed by atoms with Crippen LogP contribution in [0.5, 0.6) is 0 Å². The Bertz CT molecular complexity index is 963. The summed E-state index contributed by atoms with van der Waals surface area (Å²) in [4.78, 5) is 29.4. The smallest absolute Gasteiger partial charge is 0.326 e. The van der Waals surface area contributed by atoms with Gasteiger partial charge in [0.2, 0.25) is 0 Å². The molecule has 1 aromatic carbocycles. The molecule has 0 unspecified atom stereocenters. The quantitative estimate of drug-likeness (QED) is 0.626. The van der Waals surface area contributed by atoms with Crippen LogP contribution in [0.25, 0.3) is 0 Å². The predicted molar refractivity (Wildman–Crippen MR) is 116 cm³/mol. The van der Waals surface area contributed by atoms with E-state index in [1.807, 2.05) is 24.3 Å². The van der Waals surface area contributed by atoms with Crippen molar-refractivity contribution in [2.45, 2.75) is 63.6 Å². The summed E-state index contributed by atoms with van der Waals surface area (Å²) in [6, 6.07) is 7.30. The van der Waals surface area contributed by atoms with Crippen LogP contribution in [-0.4, -0.2) is 21.1 Å². The molecule has 3 rings (SSSR count). The van der Waals surface area contributed by atoms with Crippen molar-refractivity contribution in [3.05, 3.63) is 61.7 Å². The summed E-state index contributed by atoms with van der Waals surface area (Å²) in [6.07, 6.45) is 3.92. The number of ether oxygens (including phenoxy) is 1. The highest BCUT2D eigenvalue weighted by Crippen LogP contribution is 2.53. The van der Waals surface area contributed by atoms with Gasteiger partial charge >= 0.3 is 5.97 Å². The molecule has 156 valence electrons. The summed E-state index contributed by atoms with van der Waals surface area (Å²) in [7, 11) is 0. The molecule has 2 aromatic rings. The summed E-state index contributed by atoms with van der Waals surface area (Å²) in [5.74, 6) is -0.480. The minimum Gasteiger partial charge on any atom is -0.459 e. The molecular formula is C21H25BrClN3O3. The molecule has 1 heterocycles. The molecule has 1 fully saturated rings. The summed E-state index contributed by atoms with van der Waals surface area (Å²) in [5, 5.41) is 0.667. The molecule has 1 aliphatic carbocycles. The monoisotopic (exact) mass is 481 g/mol. The Balaban J connectivity index is 1.78. The Morgan fingerprint density at radius 2 is 1.97 bits per heavy atom. The predicted octanol–water partition coefficient (Wildman–Crippen LogP) is 4.12. The topological polar surface area (TPSA) is 87.2 Å². The lowest BCUT2D eigenvalue weighted by Crippen LogP contribution is -2.32. The molecule has 1 aliphatic rings. The van der Waals surface area contributed by atoms with E-state index in [1.165, 1.54) is 10.9 Å². The van der Waals surface area contributed by atoms with Gasteiger partial charge in [0.15, 0.2) is 0 Å². The van der Waals surface area contributed by atoms with Crippen molar-refractivity contribution in [2.75, 3.05) is 0 Å². The third kappa shape index (κ3) is 5.27. The first-order chi connectivity index (χ1) is 13.5. The van der Waals surface area contributed by atoms with Gasteiger partial charge in [0.25, 0.3) is 5.56 Å². The molecular weight excluding hydrogens is 458 g/mol. The standard InChI is InChI=1S/C21H25BrClN3O3/c1-20(2,3)29-16(27)11-26-12-25-18(17(22)19(26)28)21(8-9-21)10-15(24)13-4-6-14(23)7-5-13/h4-7,12,15H,8-11,24H2,1-3H3/t15-/m0/s1. The Hall–Kier alpha value is -1.70. The fourth-order valence-electron chi connectivity index (χ4n) is 3.40. The van der Waals surface area contributed by atoms with Gasteiger partial charge in [0.05, 0.1) is 12.0 Å². The molecule has 0 bridgehead atoms. The number of esters is 1. The van der Waals surface area contributed by atoms with Crippen LogP contribution in [-0.2, 0) is 21.5 Å². The highest BCUT2D eigenvalue weighted by molar-refractivity contribution is 9.10. The summed E-state index contributed by atoms with van der Waals surface area (Å²) >= 11 is 9.36. The number of aromatic nitrogens is 2. The van der Waals surface area contributed by atoms with E-state index in [2.05, 4.69) is 20.9 Å². The molecule has 0 aliphatic heterocycles. The van der Waals surface area contributed by atoms with E-state index in [0.29, 0.717) is 21.6 Å². The minimum absolute atomic E-state index is 0.181. The SMILES string of the molecule is CC(C)(C)OC(=O)Cn1cnc(C2(C[C@H](N)c3ccc(Cl)cc3)CC2)c(Br)c1=O. The number of nitrogens with zero attached hydrogens (tertiary/aromatic N) is 2. The second kappa shape index (κ2) is 8.20. The van der Waals surface area contributed by atoms with Crippen LogP contribution in [0.15, 0.2) is 39.9 Å². The average Bonchev–Trinajstić information content (AvgIpc) is 3.38. The number of nitrogens with two attached hydrogens (primary N) is 1. The number of benzene rings is 1. The molecule has 0 spiro atoms. The Morgan fingerprint density at radius 1 is 1.34 bits per heavy atom. The van der Waals surface area contributed by atoms with E-state index in [0.717, 1.165) is 18.4 Å². The molecule has 0 amide bonds. The third-order valence-electron chi connectivity index (χ3n) is 4.97. The highest BCUT2D eigenvalue weighted by atomic mass is 79.9. The summed E-state index contributed by atoms with van der Waals surface area (Å²) < 4.78 is 6.93. The van der Waals surface area contributed by atoms with Crippen molar-refractivity contribution in [2.24, 2.45) is 5.73 Å². The molecule has 0 saturated heterocycles. The van der Waals surface area contributed by atoms with E-state index in [9.17, 15) is 9.59 Å². The molecule has 1 atom stereocenters. The lowest BCUT2D eigenvalue weighted by atomic mass is 9.90. The van der Waals surface area contributed by atoms with Gasteiger partial charge in [0, 0.05) is 16.5 Å². The Kier molecular flexibility index (Phi) is 6.22. The second-order valence-corrected chi connectivity index (χ2v) is 9.80. The van der Waals surface area contributed by atoms with E-state index >= 15 is 0 Å². The van der Waals surface area contributed by atoms with E-state index in [1.54, 1.807) is 20.8 Å². The molecule has 2 N–H and O–H groups in total. The average molecular weight is 483 g/mol. The van der Waals surface area contributed by atoms with Gasteiger partial charge in [-0.3, -0.25) is 14.2 Å². The zero-order valence-electron chi connectivity index (χ0n) is 16.7. The van der Waals surface area contributed by atoms with Gasteiger partial charge in [-0.25, -0.2) is 4.98 Å². The maximum Gasteiger partial charge on any atom is 0.326 e. The molecule has 8 heteroatoms. The number of carbonyl (C=O) groups excluding carboxylic acids is 1. The number of hydrogen-bond acceptors (Lipinski definition) is 5. The zero-order chi connectivity index (χ0) is 21.4. The Labute approximate surface area is 183 Å². The van der Waals surface area contributed by atoms with Crippen LogP contribution in [0.3, 0.4) is 0 Å². The van der Waals surface area contributed by atoms with Gasteiger partial charge in [-0.2, -0.15) is 0 Å². The van der Waals surface area contributed by atoms with E-state index in [4.69, 9.17) is 22.1 Å². The van der Waals surface area contributed by atoms with Crippen LogP contribution in [0.1, 0.15) is 57.3 Å². The largest absolute Gasteiger partial charge is 0.459 e. The van der Waals surface area contributed by atoms with Gasteiger partial charge in [-0.05, 0) is 73.7 Å². The number of hydrogen-bond donors (Lipinski definition) is 1. The van der Waals surface area contributed by atoms with Crippen molar-refractivity contribution in [3.8, 4) is 0 Å². The van der Waals surface area contributed by atoms with E-state index < -0.39 is 11.6 Å². The van der Waals surface area contributed by atoms with Gasteiger partial charge in [-0.1, -0.05) is 23.7 Å². The molecule has 0 radical (unpaired) electrons. The Morgan fingerprint density at radius 3 is 2.52 bits per heavy atom. The minimum atomic E-state index is -0.610. The first-order valence-corrected chi connectivity index (χ1v) is 10.7. The van der Waals surface area contributed by atoms with Crippen LogP contribution >= 0.6 is 27.5 Å². The van der Waals surface area contributed by atoms with Crippen LogP contribution < -0.4 is 11.3 Å². The molecule has 29 heavy (non-hydrogen) atoms. The summed E-state index contributed by atoms with van der Waals surface area (Å²) in [5.41, 5.74) is 6.97. The van der Waals surface area contributed by atoms with Gasteiger partial charge in [0.1, 0.15) is 16.6 Å². The second-order valence-electron chi connectivity index (χ2n) is 8.57. The van der Waals surface area contributed by atoms with E-state index in [-0.39, 0.29) is 23.6 Å². The zero-order valence-corrected chi connectivity index (χ0v) is 19.1. The molecule has 6 nitrogen and oxygen atoms in total. The fraction of sp³-hybridized carbons (Fsp3) is 0.476. The third-order valence-corrected chi connectivity index (χ3v) is 5.93. The first kappa shape index (κ1) is 22.0. The van der Waals surface area contributed by atoms with Crippen molar-refractivity contribution >= 4 is 33.5 Å².